The molecule has 126 valence electrons. The lowest BCUT2D eigenvalue weighted by Gasteiger charge is -2.15. The van der Waals surface area contributed by atoms with Crippen LogP contribution in [0.3, 0.4) is 0 Å². The molecule has 0 aromatic heterocycles. The summed E-state index contributed by atoms with van der Waals surface area (Å²) in [5.41, 5.74) is 3.41. The van der Waals surface area contributed by atoms with Crippen LogP contribution in [0, 0.1) is 13.8 Å². The van der Waals surface area contributed by atoms with Crippen molar-refractivity contribution in [3.05, 3.63) is 81.2 Å². The summed E-state index contributed by atoms with van der Waals surface area (Å²) in [6, 6.07) is 15.3. The molecule has 0 radical (unpaired) electrons. The van der Waals surface area contributed by atoms with Crippen molar-refractivity contribution in [3.8, 4) is 0 Å². The van der Waals surface area contributed by atoms with Crippen molar-refractivity contribution in [2.24, 2.45) is 0 Å². The van der Waals surface area contributed by atoms with E-state index in [4.69, 9.17) is 11.6 Å². The molecule has 0 unspecified atom stereocenters. The van der Waals surface area contributed by atoms with Gasteiger partial charge in [-0.25, -0.2) is 4.90 Å². The van der Waals surface area contributed by atoms with Crippen LogP contribution in [-0.2, 0) is 4.79 Å². The molecular formula is C20H16ClNO2S. The summed E-state index contributed by atoms with van der Waals surface area (Å²) in [6.07, 6.45) is 3.30. The van der Waals surface area contributed by atoms with Crippen molar-refractivity contribution >= 4 is 46.3 Å². The third-order valence-electron chi connectivity index (χ3n) is 3.77. The number of anilines is 1. The largest absolute Gasteiger partial charge is 0.298 e. The fourth-order valence-corrected chi connectivity index (χ4v) is 3.64. The minimum Gasteiger partial charge on any atom is -0.268 e. The number of carbonyl (C=O) groups is 2. The van der Waals surface area contributed by atoms with Gasteiger partial charge in [-0.1, -0.05) is 54.1 Å². The maximum absolute atomic E-state index is 12.7. The third kappa shape index (κ3) is 3.86. The molecule has 2 aromatic rings. The molecule has 1 fully saturated rings. The predicted molar refractivity (Wildman–Crippen MR) is 105 cm³/mol. The van der Waals surface area contributed by atoms with E-state index in [1.54, 1.807) is 12.2 Å². The van der Waals surface area contributed by atoms with Crippen LogP contribution in [0.5, 0.6) is 0 Å². The highest BCUT2D eigenvalue weighted by atomic mass is 35.5. The van der Waals surface area contributed by atoms with Crippen molar-refractivity contribution in [2.45, 2.75) is 13.8 Å². The molecule has 0 saturated carbocycles. The normalized spacial score (nSPS) is 16.8. The molecule has 0 spiro atoms. The highest BCUT2D eigenvalue weighted by molar-refractivity contribution is 8.18. The third-order valence-corrected chi connectivity index (χ3v) is 4.86. The fraction of sp³-hybridized carbons (Fsp3) is 0.100. The Morgan fingerprint density at radius 2 is 1.80 bits per heavy atom. The average Bonchev–Trinajstić information content (AvgIpc) is 2.84. The Morgan fingerprint density at radius 3 is 2.52 bits per heavy atom. The predicted octanol–water partition coefficient (Wildman–Crippen LogP) is 5.67. The van der Waals surface area contributed by atoms with Gasteiger partial charge in [-0.3, -0.25) is 9.59 Å². The summed E-state index contributed by atoms with van der Waals surface area (Å²) in [5.74, 6) is -0.344. The molecule has 0 N–H and O–H groups in total. The zero-order valence-corrected chi connectivity index (χ0v) is 15.4. The number of hydrogen-bond acceptors (Lipinski definition) is 3. The average molecular weight is 370 g/mol. The number of benzene rings is 2. The van der Waals surface area contributed by atoms with Crippen molar-refractivity contribution in [1.29, 1.82) is 0 Å². The van der Waals surface area contributed by atoms with Gasteiger partial charge < -0.3 is 0 Å². The maximum atomic E-state index is 12.7. The van der Waals surface area contributed by atoms with Crippen LogP contribution in [0.1, 0.15) is 16.7 Å². The zero-order chi connectivity index (χ0) is 18.0. The molecule has 1 aliphatic rings. The molecule has 3 nitrogen and oxygen atoms in total. The molecule has 5 heteroatoms. The lowest BCUT2D eigenvalue weighted by molar-refractivity contribution is -0.113. The lowest BCUT2D eigenvalue weighted by Crippen LogP contribution is -2.28. The summed E-state index contributed by atoms with van der Waals surface area (Å²) in [7, 11) is 0. The summed E-state index contributed by atoms with van der Waals surface area (Å²) in [5, 5.41) is 0.0896. The molecule has 25 heavy (non-hydrogen) atoms. The second-order valence-corrected chi connectivity index (χ2v) is 7.18. The first-order valence-corrected chi connectivity index (χ1v) is 8.92. The van der Waals surface area contributed by atoms with Gasteiger partial charge in [0.1, 0.15) is 0 Å². The van der Waals surface area contributed by atoms with Gasteiger partial charge in [0.05, 0.1) is 10.6 Å². The number of hydrogen-bond donors (Lipinski definition) is 0. The van der Waals surface area contributed by atoms with Crippen LogP contribution < -0.4 is 4.90 Å². The summed E-state index contributed by atoms with van der Waals surface area (Å²) < 4.78 is 0. The molecule has 1 aliphatic heterocycles. The maximum Gasteiger partial charge on any atom is 0.298 e. The van der Waals surface area contributed by atoms with Gasteiger partial charge in [0.2, 0.25) is 0 Å². The minimum atomic E-state index is -0.344. The first kappa shape index (κ1) is 17.5. The fourth-order valence-electron chi connectivity index (χ4n) is 2.51. The molecule has 1 heterocycles. The number of nitrogens with zero attached hydrogens (tertiary/aromatic N) is 1. The van der Waals surface area contributed by atoms with Crippen molar-refractivity contribution in [2.75, 3.05) is 4.90 Å². The van der Waals surface area contributed by atoms with Crippen LogP contribution in [0.15, 0.2) is 64.5 Å². The van der Waals surface area contributed by atoms with Crippen LogP contribution in [0.4, 0.5) is 10.5 Å². The molecular weight excluding hydrogens is 354 g/mol. The Hall–Kier alpha value is -2.30. The molecule has 3 rings (SSSR count). The van der Waals surface area contributed by atoms with Crippen molar-refractivity contribution in [1.82, 2.24) is 0 Å². The Balaban J connectivity index is 1.91. The number of thioether (sulfide) groups is 1. The van der Waals surface area contributed by atoms with E-state index in [1.165, 1.54) is 4.90 Å². The summed E-state index contributed by atoms with van der Waals surface area (Å²) >= 11 is 7.15. The number of rotatable bonds is 3. The molecule has 0 atom stereocenters. The number of halogens is 1. The first-order valence-electron chi connectivity index (χ1n) is 7.73. The van der Waals surface area contributed by atoms with Crippen LogP contribution in [-0.4, -0.2) is 11.1 Å². The minimum absolute atomic E-state index is 0.311. The second kappa shape index (κ2) is 7.30. The quantitative estimate of drug-likeness (QED) is 0.654. The van der Waals surface area contributed by atoms with Gasteiger partial charge in [-0.2, -0.15) is 0 Å². The Kier molecular flexibility index (Phi) is 5.11. The lowest BCUT2D eigenvalue weighted by atomic mass is 10.1. The van der Waals surface area contributed by atoms with Crippen molar-refractivity contribution in [3.63, 3.8) is 0 Å². The molecule has 1 saturated heterocycles. The monoisotopic (exact) mass is 369 g/mol. The van der Waals surface area contributed by atoms with Gasteiger partial charge >= 0.3 is 0 Å². The number of imide groups is 1. The Morgan fingerprint density at radius 1 is 1.08 bits per heavy atom. The summed E-state index contributed by atoms with van der Waals surface area (Å²) in [6.45, 7) is 3.81. The standard InChI is InChI=1S/C20H16ClNO2S/c1-13-8-9-14(2)17(10-13)22-19(23)18(25-20(22)24)12-16(21)11-15-6-4-3-5-7-15/h3-12H,1-2H3/b16-11-,18-12-. The van der Waals surface area contributed by atoms with Gasteiger partial charge in [0.25, 0.3) is 11.1 Å². The van der Waals surface area contributed by atoms with E-state index in [0.29, 0.717) is 15.6 Å². The smallest absolute Gasteiger partial charge is 0.268 e. The van der Waals surface area contributed by atoms with E-state index >= 15 is 0 Å². The van der Waals surface area contributed by atoms with Gasteiger partial charge in [-0.15, -0.1) is 0 Å². The van der Waals surface area contributed by atoms with E-state index in [-0.39, 0.29) is 11.1 Å². The molecule has 2 aromatic carbocycles. The highest BCUT2D eigenvalue weighted by Crippen LogP contribution is 2.37. The Labute approximate surface area is 156 Å². The van der Waals surface area contributed by atoms with E-state index in [0.717, 1.165) is 28.5 Å². The van der Waals surface area contributed by atoms with Gasteiger partial charge in [-0.05, 0) is 60.5 Å². The Bertz CT molecular complexity index is 903. The zero-order valence-electron chi connectivity index (χ0n) is 13.8. The highest BCUT2D eigenvalue weighted by Gasteiger charge is 2.37. The van der Waals surface area contributed by atoms with Crippen molar-refractivity contribution < 1.29 is 9.59 Å². The number of amides is 2. The molecule has 0 aliphatic carbocycles. The second-order valence-electron chi connectivity index (χ2n) is 5.75. The number of aryl methyl sites for hydroxylation is 2. The number of allylic oxidation sites excluding steroid dienone is 2. The molecule has 0 bridgehead atoms. The van der Waals surface area contributed by atoms with Crippen LogP contribution >= 0.6 is 23.4 Å². The number of carbonyl (C=O) groups excluding carboxylic acids is 2. The molecule has 2 amide bonds. The first-order chi connectivity index (χ1) is 12.0. The summed E-state index contributed by atoms with van der Waals surface area (Å²) in [4.78, 5) is 26.6. The SMILES string of the molecule is Cc1ccc(C)c(N2C(=O)S/C(=C\C(Cl)=C\c3ccccc3)C2=O)c1. The topological polar surface area (TPSA) is 37.4 Å². The van der Waals surface area contributed by atoms with Crippen LogP contribution in [0.2, 0.25) is 0 Å². The van der Waals surface area contributed by atoms with Gasteiger partial charge in [0, 0.05) is 5.03 Å². The van der Waals surface area contributed by atoms with E-state index in [9.17, 15) is 9.59 Å². The van der Waals surface area contributed by atoms with Crippen LogP contribution in [0.25, 0.3) is 6.08 Å². The van der Waals surface area contributed by atoms with Gasteiger partial charge in [0.15, 0.2) is 0 Å². The van der Waals surface area contributed by atoms with E-state index in [2.05, 4.69) is 0 Å². The van der Waals surface area contributed by atoms with E-state index < -0.39 is 0 Å². The van der Waals surface area contributed by atoms with E-state index in [1.807, 2.05) is 62.4 Å².